The minimum atomic E-state index is -3.90. The van der Waals surface area contributed by atoms with Crippen LogP contribution in [-0.2, 0) is 27.7 Å². The van der Waals surface area contributed by atoms with Crippen LogP contribution in [0.5, 0.6) is 0 Å². The van der Waals surface area contributed by atoms with E-state index in [-0.39, 0.29) is 34.8 Å². The molecule has 2 aliphatic rings. The number of hydrogen-bond donors (Lipinski definition) is 0. The first-order chi connectivity index (χ1) is 15.2. The monoisotopic (exact) mass is 484 g/mol. The molecule has 3 heterocycles. The SMILES string of the molecule is COC(=O)c1c(S(=O)(=O)N2CCCCC2)sc2c1CCN(C(=O)c1ccc(F)cc1F)C2. The highest BCUT2D eigenvalue weighted by molar-refractivity contribution is 7.91. The molecule has 7 nitrogen and oxygen atoms in total. The summed E-state index contributed by atoms with van der Waals surface area (Å²) in [4.78, 5) is 27.3. The molecule has 1 aromatic carbocycles. The smallest absolute Gasteiger partial charge is 0.340 e. The molecule has 1 amide bonds. The van der Waals surface area contributed by atoms with E-state index >= 15 is 0 Å². The zero-order valence-corrected chi connectivity index (χ0v) is 19.0. The van der Waals surface area contributed by atoms with E-state index in [0.717, 1.165) is 42.7 Å². The van der Waals surface area contributed by atoms with Crippen molar-refractivity contribution in [2.24, 2.45) is 0 Å². The number of rotatable bonds is 4. The first-order valence-corrected chi connectivity index (χ1v) is 12.5. The number of fused-ring (bicyclic) bond motifs is 1. The summed E-state index contributed by atoms with van der Waals surface area (Å²) in [6.45, 7) is 0.960. The number of hydrogen-bond acceptors (Lipinski definition) is 6. The van der Waals surface area contributed by atoms with Crippen molar-refractivity contribution < 1.29 is 31.5 Å². The fourth-order valence-electron chi connectivity index (χ4n) is 4.10. The maximum Gasteiger partial charge on any atom is 0.340 e. The van der Waals surface area contributed by atoms with Crippen LogP contribution in [-0.4, -0.2) is 56.2 Å². The fraction of sp³-hybridized carbons (Fsp3) is 0.429. The predicted octanol–water partition coefficient (Wildman–Crippen LogP) is 3.19. The van der Waals surface area contributed by atoms with Crippen molar-refractivity contribution >= 4 is 33.2 Å². The number of methoxy groups -OCH3 is 1. The Balaban J connectivity index is 1.70. The molecule has 2 aliphatic heterocycles. The molecule has 1 aromatic heterocycles. The Hall–Kier alpha value is -2.37. The molecule has 1 fully saturated rings. The second-order valence-corrected chi connectivity index (χ2v) is 11.0. The molecular weight excluding hydrogens is 462 g/mol. The van der Waals surface area contributed by atoms with Crippen molar-refractivity contribution in [2.75, 3.05) is 26.7 Å². The van der Waals surface area contributed by atoms with Gasteiger partial charge < -0.3 is 9.64 Å². The first kappa shape index (κ1) is 22.8. The van der Waals surface area contributed by atoms with E-state index in [2.05, 4.69) is 0 Å². The van der Waals surface area contributed by atoms with Crippen LogP contribution < -0.4 is 0 Å². The van der Waals surface area contributed by atoms with Gasteiger partial charge in [-0.2, -0.15) is 4.31 Å². The number of ether oxygens (including phenoxy) is 1. The Kier molecular flexibility index (Phi) is 6.33. The van der Waals surface area contributed by atoms with Gasteiger partial charge in [-0.15, -0.1) is 11.3 Å². The first-order valence-electron chi connectivity index (χ1n) is 10.2. The number of benzene rings is 1. The predicted molar refractivity (Wildman–Crippen MR) is 113 cm³/mol. The number of carbonyl (C=O) groups excluding carboxylic acids is 2. The van der Waals surface area contributed by atoms with Crippen LogP contribution in [0.15, 0.2) is 22.4 Å². The van der Waals surface area contributed by atoms with Crippen molar-refractivity contribution in [1.82, 2.24) is 9.21 Å². The van der Waals surface area contributed by atoms with Crippen LogP contribution in [0.25, 0.3) is 0 Å². The lowest BCUT2D eigenvalue weighted by atomic mass is 10.0. The van der Waals surface area contributed by atoms with E-state index < -0.39 is 33.5 Å². The molecule has 11 heteroatoms. The summed E-state index contributed by atoms with van der Waals surface area (Å²) >= 11 is 0.951. The lowest BCUT2D eigenvalue weighted by molar-refractivity contribution is 0.0595. The van der Waals surface area contributed by atoms with Gasteiger partial charge in [-0.3, -0.25) is 4.79 Å². The molecular formula is C21H22F2N2O5S2. The Morgan fingerprint density at radius 1 is 1.09 bits per heavy atom. The molecule has 0 saturated carbocycles. The number of nitrogens with zero attached hydrogens (tertiary/aromatic N) is 2. The molecule has 172 valence electrons. The molecule has 0 aliphatic carbocycles. The van der Waals surface area contributed by atoms with Crippen LogP contribution in [0.2, 0.25) is 0 Å². The summed E-state index contributed by atoms with van der Waals surface area (Å²) < 4.78 is 60.1. The van der Waals surface area contributed by atoms with Crippen LogP contribution in [0.1, 0.15) is 50.4 Å². The van der Waals surface area contributed by atoms with Crippen LogP contribution in [0.4, 0.5) is 8.78 Å². The van der Waals surface area contributed by atoms with E-state index in [0.29, 0.717) is 29.6 Å². The van der Waals surface area contributed by atoms with Gasteiger partial charge in [-0.1, -0.05) is 6.42 Å². The average molecular weight is 485 g/mol. The zero-order valence-electron chi connectivity index (χ0n) is 17.4. The van der Waals surface area contributed by atoms with Gasteiger partial charge in [0.1, 0.15) is 15.8 Å². The highest BCUT2D eigenvalue weighted by Gasteiger charge is 2.38. The quantitative estimate of drug-likeness (QED) is 0.623. The number of esters is 1. The van der Waals surface area contributed by atoms with E-state index in [1.807, 2.05) is 0 Å². The highest BCUT2D eigenvalue weighted by Crippen LogP contribution is 2.39. The molecule has 0 spiro atoms. The summed E-state index contributed by atoms with van der Waals surface area (Å²) in [7, 11) is -2.70. The largest absolute Gasteiger partial charge is 0.465 e. The molecule has 0 N–H and O–H groups in total. The van der Waals surface area contributed by atoms with E-state index in [9.17, 15) is 26.8 Å². The summed E-state index contributed by atoms with van der Waals surface area (Å²) in [5, 5.41) is 0. The second-order valence-electron chi connectivity index (χ2n) is 7.72. The molecule has 0 atom stereocenters. The van der Waals surface area contributed by atoms with E-state index in [4.69, 9.17) is 4.74 Å². The lowest BCUT2D eigenvalue weighted by Crippen LogP contribution is -2.36. The van der Waals surface area contributed by atoms with Gasteiger partial charge in [0.25, 0.3) is 15.9 Å². The Bertz CT molecular complexity index is 1170. The molecule has 1 saturated heterocycles. The fourth-order valence-corrected chi connectivity index (χ4v) is 7.66. The highest BCUT2D eigenvalue weighted by atomic mass is 32.2. The number of thiophene rings is 1. The van der Waals surface area contributed by atoms with Gasteiger partial charge in [0.2, 0.25) is 0 Å². The summed E-state index contributed by atoms with van der Waals surface area (Å²) in [5.41, 5.74) is 0.306. The van der Waals surface area contributed by atoms with Crippen molar-refractivity contribution in [3.8, 4) is 0 Å². The van der Waals surface area contributed by atoms with Gasteiger partial charge in [0.05, 0.1) is 24.8 Å². The van der Waals surface area contributed by atoms with Gasteiger partial charge >= 0.3 is 5.97 Å². The third-order valence-electron chi connectivity index (χ3n) is 5.75. The minimum Gasteiger partial charge on any atom is -0.465 e. The van der Waals surface area contributed by atoms with Gasteiger partial charge in [0, 0.05) is 30.6 Å². The van der Waals surface area contributed by atoms with Gasteiger partial charge in [0.15, 0.2) is 0 Å². The molecule has 2 aromatic rings. The summed E-state index contributed by atoms with van der Waals surface area (Å²) in [6, 6.07) is 2.74. The third kappa shape index (κ3) is 4.04. The second kappa shape index (κ2) is 8.87. The standard InChI is InChI=1S/C21H22F2N2O5S2/c1-30-20(27)18-15-7-10-24(19(26)14-6-5-13(22)11-16(14)23)12-17(15)31-21(18)32(28,29)25-8-3-2-4-9-25/h5-6,11H,2-4,7-10,12H2,1H3. The summed E-state index contributed by atoms with van der Waals surface area (Å²) in [5.74, 6) is -3.10. The molecule has 32 heavy (non-hydrogen) atoms. The van der Waals surface area contributed by atoms with Gasteiger partial charge in [-0.25, -0.2) is 22.0 Å². The number of amides is 1. The summed E-state index contributed by atoms with van der Waals surface area (Å²) in [6.07, 6.45) is 2.68. The zero-order chi connectivity index (χ0) is 23.0. The van der Waals surface area contributed by atoms with E-state index in [1.165, 1.54) is 16.3 Å². The number of halogens is 2. The Labute approximate surface area is 188 Å². The third-order valence-corrected chi connectivity index (χ3v) is 9.36. The molecule has 4 rings (SSSR count). The van der Waals surface area contributed by atoms with Crippen LogP contribution in [0.3, 0.4) is 0 Å². The molecule has 0 bridgehead atoms. The number of sulfonamides is 1. The van der Waals surface area contributed by atoms with E-state index in [1.54, 1.807) is 0 Å². The minimum absolute atomic E-state index is 0.0230. The van der Waals surface area contributed by atoms with Gasteiger partial charge in [-0.05, 0) is 37.0 Å². The topological polar surface area (TPSA) is 84.0 Å². The number of carbonyl (C=O) groups is 2. The van der Waals surface area contributed by atoms with Crippen LogP contribution >= 0.6 is 11.3 Å². The average Bonchev–Trinajstić information content (AvgIpc) is 3.18. The Morgan fingerprint density at radius 3 is 2.47 bits per heavy atom. The van der Waals surface area contributed by atoms with Crippen molar-refractivity contribution in [3.05, 3.63) is 51.4 Å². The van der Waals surface area contributed by atoms with Crippen molar-refractivity contribution in [3.63, 3.8) is 0 Å². The van der Waals surface area contributed by atoms with Crippen LogP contribution in [0, 0.1) is 11.6 Å². The molecule has 0 radical (unpaired) electrons. The maximum absolute atomic E-state index is 14.1. The maximum atomic E-state index is 14.1. The Morgan fingerprint density at radius 2 is 1.81 bits per heavy atom. The molecule has 0 unspecified atom stereocenters. The number of piperidine rings is 1. The normalized spacial score (nSPS) is 17.2. The van der Waals surface area contributed by atoms with Crippen molar-refractivity contribution in [1.29, 1.82) is 0 Å². The van der Waals surface area contributed by atoms with Crippen molar-refractivity contribution in [2.45, 2.75) is 36.4 Å². The lowest BCUT2D eigenvalue weighted by Gasteiger charge is -2.27.